The standard InChI is InChI=1S/C19H22N4O2/c24-18(21-15-6-2-1-3-7-15)14-23-12-9-16(10-13-23)22-19(25)17-8-4-5-11-20-17/h1-8,11,16H,9-10,12-14H2,(H,21,24)(H,22,25). The van der Waals surface area contributed by atoms with E-state index in [0.717, 1.165) is 31.6 Å². The number of likely N-dealkylation sites (tertiary alicyclic amines) is 1. The molecular weight excluding hydrogens is 316 g/mol. The smallest absolute Gasteiger partial charge is 0.270 e. The molecule has 1 aliphatic rings. The molecule has 0 radical (unpaired) electrons. The number of nitrogens with zero attached hydrogens (tertiary/aromatic N) is 2. The number of piperidine rings is 1. The summed E-state index contributed by atoms with van der Waals surface area (Å²) in [5, 5.41) is 5.92. The van der Waals surface area contributed by atoms with Gasteiger partial charge in [-0.1, -0.05) is 24.3 Å². The number of benzene rings is 1. The summed E-state index contributed by atoms with van der Waals surface area (Å²) in [6.07, 6.45) is 3.28. The number of carbonyl (C=O) groups excluding carboxylic acids is 2. The minimum atomic E-state index is -0.138. The van der Waals surface area contributed by atoms with Crippen molar-refractivity contribution in [3.63, 3.8) is 0 Å². The Hall–Kier alpha value is -2.73. The molecule has 3 rings (SSSR count). The van der Waals surface area contributed by atoms with Crippen molar-refractivity contribution in [1.29, 1.82) is 0 Å². The molecule has 25 heavy (non-hydrogen) atoms. The van der Waals surface area contributed by atoms with Crippen LogP contribution >= 0.6 is 0 Å². The van der Waals surface area contributed by atoms with Crippen LogP contribution in [-0.4, -0.2) is 47.4 Å². The number of hydrogen-bond donors (Lipinski definition) is 2. The Bertz CT molecular complexity index is 698. The summed E-state index contributed by atoms with van der Waals surface area (Å²) in [5.74, 6) is -0.150. The molecule has 1 fully saturated rings. The highest BCUT2D eigenvalue weighted by molar-refractivity contribution is 5.92. The molecule has 2 heterocycles. The molecule has 1 aromatic carbocycles. The Morgan fingerprint density at radius 1 is 1.04 bits per heavy atom. The van der Waals surface area contributed by atoms with Gasteiger partial charge in [0.15, 0.2) is 0 Å². The fraction of sp³-hybridized carbons (Fsp3) is 0.316. The van der Waals surface area contributed by atoms with Gasteiger partial charge in [0.2, 0.25) is 5.91 Å². The average Bonchev–Trinajstić information content (AvgIpc) is 2.65. The van der Waals surface area contributed by atoms with Crippen molar-refractivity contribution < 1.29 is 9.59 Å². The Kier molecular flexibility index (Phi) is 5.74. The molecule has 0 spiro atoms. The van der Waals surface area contributed by atoms with E-state index in [4.69, 9.17) is 0 Å². The maximum absolute atomic E-state index is 12.1. The van der Waals surface area contributed by atoms with Crippen LogP contribution in [0.25, 0.3) is 0 Å². The van der Waals surface area contributed by atoms with Gasteiger partial charge in [0, 0.05) is 31.0 Å². The zero-order valence-electron chi connectivity index (χ0n) is 14.0. The van der Waals surface area contributed by atoms with Crippen molar-refractivity contribution in [3.05, 3.63) is 60.4 Å². The normalized spacial score (nSPS) is 15.5. The van der Waals surface area contributed by atoms with Gasteiger partial charge in [0.1, 0.15) is 5.69 Å². The van der Waals surface area contributed by atoms with Gasteiger partial charge in [-0.25, -0.2) is 0 Å². The minimum Gasteiger partial charge on any atom is -0.348 e. The maximum Gasteiger partial charge on any atom is 0.270 e. The highest BCUT2D eigenvalue weighted by Crippen LogP contribution is 2.12. The molecule has 1 saturated heterocycles. The SMILES string of the molecule is O=C(CN1CCC(NC(=O)c2ccccn2)CC1)Nc1ccccc1. The fourth-order valence-electron chi connectivity index (χ4n) is 2.92. The van der Waals surface area contributed by atoms with Crippen LogP contribution in [0.4, 0.5) is 5.69 Å². The first kappa shape index (κ1) is 17.1. The number of rotatable bonds is 5. The maximum atomic E-state index is 12.1. The number of anilines is 1. The summed E-state index contributed by atoms with van der Waals surface area (Å²) >= 11 is 0. The highest BCUT2D eigenvalue weighted by atomic mass is 16.2. The van der Waals surface area contributed by atoms with Gasteiger partial charge in [-0.15, -0.1) is 0 Å². The third kappa shape index (κ3) is 5.12. The molecule has 6 nitrogen and oxygen atoms in total. The van der Waals surface area contributed by atoms with Crippen LogP contribution in [0.1, 0.15) is 23.3 Å². The van der Waals surface area contributed by atoms with Crippen LogP contribution in [0, 0.1) is 0 Å². The van der Waals surface area contributed by atoms with E-state index in [1.807, 2.05) is 30.3 Å². The summed E-state index contributed by atoms with van der Waals surface area (Å²) in [6, 6.07) is 14.9. The number of hydrogen-bond acceptors (Lipinski definition) is 4. The second-order valence-electron chi connectivity index (χ2n) is 6.15. The molecule has 2 amide bonds. The van der Waals surface area contributed by atoms with E-state index >= 15 is 0 Å². The summed E-state index contributed by atoms with van der Waals surface area (Å²) in [7, 11) is 0. The molecular formula is C19H22N4O2. The second-order valence-corrected chi connectivity index (χ2v) is 6.15. The number of carbonyl (C=O) groups is 2. The molecule has 0 saturated carbocycles. The van der Waals surface area contributed by atoms with Gasteiger partial charge in [-0.3, -0.25) is 19.5 Å². The van der Waals surface area contributed by atoms with E-state index in [0.29, 0.717) is 12.2 Å². The lowest BCUT2D eigenvalue weighted by atomic mass is 10.0. The van der Waals surface area contributed by atoms with Crippen molar-refractivity contribution in [2.75, 3.05) is 25.0 Å². The quantitative estimate of drug-likeness (QED) is 0.873. The monoisotopic (exact) mass is 338 g/mol. The van der Waals surface area contributed by atoms with Crippen LogP contribution in [0.15, 0.2) is 54.7 Å². The molecule has 0 bridgehead atoms. The summed E-state index contributed by atoms with van der Waals surface area (Å²) < 4.78 is 0. The third-order valence-corrected chi connectivity index (χ3v) is 4.25. The molecule has 1 aliphatic heterocycles. The number of amides is 2. The highest BCUT2D eigenvalue weighted by Gasteiger charge is 2.22. The van der Waals surface area contributed by atoms with Crippen LogP contribution in [-0.2, 0) is 4.79 Å². The predicted octanol–water partition coefficient (Wildman–Crippen LogP) is 1.91. The summed E-state index contributed by atoms with van der Waals surface area (Å²) in [4.78, 5) is 30.4. The minimum absolute atomic E-state index is 0.0119. The Labute approximate surface area is 147 Å². The Morgan fingerprint density at radius 3 is 2.44 bits per heavy atom. The molecule has 0 aliphatic carbocycles. The fourth-order valence-corrected chi connectivity index (χ4v) is 2.92. The largest absolute Gasteiger partial charge is 0.348 e. The number of nitrogens with one attached hydrogen (secondary N) is 2. The van der Waals surface area contributed by atoms with E-state index in [1.165, 1.54) is 0 Å². The van der Waals surface area contributed by atoms with Crippen molar-refractivity contribution in [2.45, 2.75) is 18.9 Å². The van der Waals surface area contributed by atoms with Gasteiger partial charge in [-0.2, -0.15) is 0 Å². The Balaban J connectivity index is 1.41. The zero-order chi connectivity index (χ0) is 17.5. The zero-order valence-corrected chi connectivity index (χ0v) is 14.0. The predicted molar refractivity (Wildman–Crippen MR) is 96.2 cm³/mol. The lowest BCUT2D eigenvalue weighted by Gasteiger charge is -2.31. The van der Waals surface area contributed by atoms with Gasteiger partial charge < -0.3 is 10.6 Å². The molecule has 1 aromatic heterocycles. The van der Waals surface area contributed by atoms with Crippen LogP contribution in [0.3, 0.4) is 0 Å². The van der Waals surface area contributed by atoms with Crippen molar-refractivity contribution in [2.24, 2.45) is 0 Å². The number of aromatic nitrogens is 1. The average molecular weight is 338 g/mol. The molecule has 0 atom stereocenters. The lowest BCUT2D eigenvalue weighted by Crippen LogP contribution is -2.46. The van der Waals surface area contributed by atoms with E-state index < -0.39 is 0 Å². The molecule has 6 heteroatoms. The lowest BCUT2D eigenvalue weighted by molar-refractivity contribution is -0.117. The number of para-hydroxylation sites is 1. The van der Waals surface area contributed by atoms with Crippen LogP contribution < -0.4 is 10.6 Å². The second kappa shape index (κ2) is 8.39. The summed E-state index contributed by atoms with van der Waals surface area (Å²) in [5.41, 5.74) is 1.25. The van der Waals surface area contributed by atoms with E-state index in [9.17, 15) is 9.59 Å². The first-order valence-corrected chi connectivity index (χ1v) is 8.50. The first-order chi connectivity index (χ1) is 12.2. The molecule has 2 aromatic rings. The topological polar surface area (TPSA) is 74.3 Å². The van der Waals surface area contributed by atoms with Gasteiger partial charge in [0.25, 0.3) is 5.91 Å². The van der Waals surface area contributed by atoms with Gasteiger partial charge in [-0.05, 0) is 37.1 Å². The van der Waals surface area contributed by atoms with Gasteiger partial charge >= 0.3 is 0 Å². The van der Waals surface area contributed by atoms with E-state index in [2.05, 4.69) is 20.5 Å². The molecule has 2 N–H and O–H groups in total. The first-order valence-electron chi connectivity index (χ1n) is 8.50. The number of pyridine rings is 1. The van der Waals surface area contributed by atoms with Crippen LogP contribution in [0.2, 0.25) is 0 Å². The molecule has 0 unspecified atom stereocenters. The van der Waals surface area contributed by atoms with Crippen molar-refractivity contribution in [3.8, 4) is 0 Å². The van der Waals surface area contributed by atoms with E-state index in [1.54, 1.807) is 24.4 Å². The Morgan fingerprint density at radius 2 is 1.76 bits per heavy atom. The molecule has 130 valence electrons. The van der Waals surface area contributed by atoms with E-state index in [-0.39, 0.29) is 17.9 Å². The van der Waals surface area contributed by atoms with Crippen molar-refractivity contribution >= 4 is 17.5 Å². The van der Waals surface area contributed by atoms with Crippen LogP contribution in [0.5, 0.6) is 0 Å². The summed E-state index contributed by atoms with van der Waals surface area (Å²) in [6.45, 7) is 1.94. The van der Waals surface area contributed by atoms with Gasteiger partial charge in [0.05, 0.1) is 6.54 Å². The van der Waals surface area contributed by atoms with Crippen molar-refractivity contribution in [1.82, 2.24) is 15.2 Å². The third-order valence-electron chi connectivity index (χ3n) is 4.25.